The second-order valence-electron chi connectivity index (χ2n) is 6.65. The van der Waals surface area contributed by atoms with E-state index in [1.54, 1.807) is 0 Å². The molecule has 1 aromatic carbocycles. The molecule has 0 spiro atoms. The Morgan fingerprint density at radius 3 is 2.58 bits per heavy atom. The predicted octanol–water partition coefficient (Wildman–Crippen LogP) is 4.81. The molecule has 1 aliphatic carbocycles. The molecule has 0 saturated carbocycles. The lowest BCUT2D eigenvalue weighted by Gasteiger charge is -2.18. The zero-order valence-corrected chi connectivity index (χ0v) is 15.2. The Morgan fingerprint density at radius 1 is 1.04 bits per heavy atom. The standard InChI is InChI=1S/C23H25N3/c1-15-8-9-16(2)22(14-26-13-15)19-10-18(11-20(24)12-19)17(3)21-6-4-5-7-23(21)25/h6-14,26H,2-5,24-25H2,1H3/b9-8-,15-13-,22-14+. The van der Waals surface area contributed by atoms with E-state index in [2.05, 4.69) is 36.7 Å². The average Bonchev–Trinajstić information content (AvgIpc) is 2.61. The number of anilines is 1. The third-order valence-electron chi connectivity index (χ3n) is 4.56. The number of rotatable bonds is 3. The van der Waals surface area contributed by atoms with Crippen molar-refractivity contribution in [1.82, 2.24) is 5.32 Å². The molecule has 3 rings (SSSR count). The summed E-state index contributed by atoms with van der Waals surface area (Å²) in [5.41, 5.74) is 20.7. The van der Waals surface area contributed by atoms with Gasteiger partial charge in [-0.05, 0) is 65.8 Å². The van der Waals surface area contributed by atoms with Crippen LogP contribution in [0.2, 0.25) is 0 Å². The minimum Gasteiger partial charge on any atom is -0.399 e. The maximum atomic E-state index is 6.19. The molecule has 0 unspecified atom stereocenters. The fourth-order valence-corrected chi connectivity index (χ4v) is 3.12. The van der Waals surface area contributed by atoms with Gasteiger partial charge in [0.05, 0.1) is 0 Å². The molecular weight excluding hydrogens is 318 g/mol. The highest BCUT2D eigenvalue weighted by Crippen LogP contribution is 2.33. The van der Waals surface area contributed by atoms with E-state index in [1.165, 1.54) is 0 Å². The highest BCUT2D eigenvalue weighted by Gasteiger charge is 2.14. The first-order valence-corrected chi connectivity index (χ1v) is 8.73. The average molecular weight is 343 g/mol. The number of allylic oxidation sites excluding steroid dienone is 8. The van der Waals surface area contributed by atoms with Crippen LogP contribution in [0.1, 0.15) is 30.9 Å². The lowest BCUT2D eigenvalue weighted by atomic mass is 9.89. The van der Waals surface area contributed by atoms with Crippen LogP contribution in [-0.2, 0) is 0 Å². The van der Waals surface area contributed by atoms with Crippen LogP contribution in [0.4, 0.5) is 5.69 Å². The summed E-state index contributed by atoms with van der Waals surface area (Å²) in [5.74, 6) is 0. The Labute approximate surface area is 155 Å². The topological polar surface area (TPSA) is 64.1 Å². The lowest BCUT2D eigenvalue weighted by Crippen LogP contribution is -2.07. The number of nitrogens with two attached hydrogens (primary N) is 2. The van der Waals surface area contributed by atoms with Gasteiger partial charge >= 0.3 is 0 Å². The van der Waals surface area contributed by atoms with Crippen LogP contribution in [0.15, 0.2) is 90.5 Å². The van der Waals surface area contributed by atoms with Gasteiger partial charge in [0.1, 0.15) is 0 Å². The van der Waals surface area contributed by atoms with Gasteiger partial charge in [0.25, 0.3) is 0 Å². The van der Waals surface area contributed by atoms with Gasteiger partial charge in [-0.1, -0.05) is 37.5 Å². The molecule has 0 radical (unpaired) electrons. The van der Waals surface area contributed by atoms with Crippen molar-refractivity contribution in [2.75, 3.05) is 5.73 Å². The Bertz CT molecular complexity index is 921. The SMILES string of the molecule is C=C1/C=C\C(C)=C/N/C=C\1c1cc(N)cc(C(=C)C2=CCCC=C2N)c1. The van der Waals surface area contributed by atoms with Gasteiger partial charge in [-0.2, -0.15) is 0 Å². The molecule has 1 heterocycles. The Hall–Kier alpha value is -3.20. The molecule has 132 valence electrons. The Kier molecular flexibility index (Phi) is 4.99. The molecule has 0 amide bonds. The van der Waals surface area contributed by atoms with Crippen molar-refractivity contribution in [3.63, 3.8) is 0 Å². The van der Waals surface area contributed by atoms with Gasteiger partial charge in [0.15, 0.2) is 0 Å². The van der Waals surface area contributed by atoms with Crippen LogP contribution in [0.25, 0.3) is 11.1 Å². The highest BCUT2D eigenvalue weighted by atomic mass is 14.8. The molecule has 0 aromatic heterocycles. The van der Waals surface area contributed by atoms with Crippen molar-refractivity contribution >= 4 is 16.8 Å². The van der Waals surface area contributed by atoms with E-state index >= 15 is 0 Å². The van der Waals surface area contributed by atoms with Crippen molar-refractivity contribution in [1.29, 1.82) is 0 Å². The van der Waals surface area contributed by atoms with E-state index in [0.29, 0.717) is 5.69 Å². The molecule has 3 heteroatoms. The number of hydrogen-bond donors (Lipinski definition) is 3. The highest BCUT2D eigenvalue weighted by molar-refractivity contribution is 5.88. The molecule has 0 atom stereocenters. The van der Waals surface area contributed by atoms with Gasteiger partial charge < -0.3 is 16.8 Å². The smallest absolute Gasteiger partial charge is 0.0350 e. The van der Waals surface area contributed by atoms with Crippen molar-refractivity contribution in [2.45, 2.75) is 19.8 Å². The molecule has 1 aromatic rings. The second kappa shape index (κ2) is 7.36. The monoisotopic (exact) mass is 343 g/mol. The number of benzene rings is 1. The van der Waals surface area contributed by atoms with E-state index in [1.807, 2.05) is 43.6 Å². The van der Waals surface area contributed by atoms with Gasteiger partial charge in [0, 0.05) is 34.9 Å². The van der Waals surface area contributed by atoms with E-state index in [-0.39, 0.29) is 0 Å². The number of nitrogens with one attached hydrogen (secondary N) is 1. The molecule has 0 saturated heterocycles. The molecular formula is C23H25N3. The molecule has 1 aliphatic heterocycles. The second-order valence-corrected chi connectivity index (χ2v) is 6.65. The summed E-state index contributed by atoms with van der Waals surface area (Å²) < 4.78 is 0. The minimum absolute atomic E-state index is 0.684. The third kappa shape index (κ3) is 3.72. The van der Waals surface area contributed by atoms with Crippen LogP contribution < -0.4 is 16.8 Å². The van der Waals surface area contributed by atoms with Gasteiger partial charge in [-0.3, -0.25) is 0 Å². The van der Waals surface area contributed by atoms with Crippen molar-refractivity contribution < 1.29 is 0 Å². The molecule has 2 aliphatic rings. The van der Waals surface area contributed by atoms with Gasteiger partial charge in [-0.15, -0.1) is 0 Å². The molecule has 0 fully saturated rings. The summed E-state index contributed by atoms with van der Waals surface area (Å²) in [6.45, 7) is 10.5. The summed E-state index contributed by atoms with van der Waals surface area (Å²) >= 11 is 0. The van der Waals surface area contributed by atoms with E-state index in [0.717, 1.165) is 57.5 Å². The van der Waals surface area contributed by atoms with Crippen LogP contribution in [-0.4, -0.2) is 0 Å². The Balaban J connectivity index is 2.01. The lowest BCUT2D eigenvalue weighted by molar-refractivity contribution is 0.996. The predicted molar refractivity (Wildman–Crippen MR) is 113 cm³/mol. The van der Waals surface area contributed by atoms with Crippen LogP contribution in [0.3, 0.4) is 0 Å². The quantitative estimate of drug-likeness (QED) is 0.690. The summed E-state index contributed by atoms with van der Waals surface area (Å²) in [7, 11) is 0. The van der Waals surface area contributed by atoms with Crippen LogP contribution >= 0.6 is 0 Å². The third-order valence-corrected chi connectivity index (χ3v) is 4.56. The van der Waals surface area contributed by atoms with E-state index in [4.69, 9.17) is 11.5 Å². The fourth-order valence-electron chi connectivity index (χ4n) is 3.12. The van der Waals surface area contributed by atoms with Crippen molar-refractivity contribution in [3.05, 3.63) is 102 Å². The maximum absolute atomic E-state index is 6.19. The molecule has 3 nitrogen and oxygen atoms in total. The first kappa shape index (κ1) is 17.6. The van der Waals surface area contributed by atoms with Crippen LogP contribution in [0, 0.1) is 0 Å². The first-order valence-electron chi connectivity index (χ1n) is 8.73. The van der Waals surface area contributed by atoms with E-state index < -0.39 is 0 Å². The Morgan fingerprint density at radius 2 is 1.81 bits per heavy atom. The normalized spacial score (nSPS) is 22.4. The van der Waals surface area contributed by atoms with Crippen LogP contribution in [0.5, 0.6) is 0 Å². The van der Waals surface area contributed by atoms with Crippen molar-refractivity contribution in [3.8, 4) is 0 Å². The zero-order valence-electron chi connectivity index (χ0n) is 15.2. The largest absolute Gasteiger partial charge is 0.399 e. The fraction of sp³-hybridized carbons (Fsp3) is 0.130. The molecule has 26 heavy (non-hydrogen) atoms. The zero-order chi connectivity index (χ0) is 18.7. The van der Waals surface area contributed by atoms with Gasteiger partial charge in [0.2, 0.25) is 0 Å². The summed E-state index contributed by atoms with van der Waals surface area (Å²) in [6.07, 6.45) is 14.1. The van der Waals surface area contributed by atoms with Gasteiger partial charge in [-0.25, -0.2) is 0 Å². The summed E-state index contributed by atoms with van der Waals surface area (Å²) in [5, 5.41) is 3.21. The van der Waals surface area contributed by atoms with Crippen molar-refractivity contribution in [2.24, 2.45) is 5.73 Å². The van der Waals surface area contributed by atoms with E-state index in [9.17, 15) is 0 Å². The first-order chi connectivity index (χ1) is 12.5. The maximum Gasteiger partial charge on any atom is 0.0350 e. The number of hydrogen-bond acceptors (Lipinski definition) is 3. The summed E-state index contributed by atoms with van der Waals surface area (Å²) in [4.78, 5) is 0. The summed E-state index contributed by atoms with van der Waals surface area (Å²) in [6, 6.07) is 5.98. The molecule has 0 bridgehead atoms. The molecule has 5 N–H and O–H groups in total. The minimum atomic E-state index is 0.684. The number of nitrogen functional groups attached to an aromatic ring is 1.